The smallest absolute Gasteiger partial charge is 0.196 e. The number of fused-ring (bicyclic) bond motifs is 1. The molecule has 23 heavy (non-hydrogen) atoms. The van der Waals surface area contributed by atoms with Crippen LogP contribution in [-0.4, -0.2) is 23.9 Å². The maximum atomic E-state index is 6.11. The van der Waals surface area contributed by atoms with E-state index in [0.717, 1.165) is 29.8 Å². The Morgan fingerprint density at radius 2 is 2.13 bits per heavy atom. The summed E-state index contributed by atoms with van der Waals surface area (Å²) in [6.45, 7) is 6.73. The molecule has 1 aliphatic heterocycles. The molecule has 5 heteroatoms. The van der Waals surface area contributed by atoms with Crippen molar-refractivity contribution in [1.29, 1.82) is 0 Å². The Balaban J connectivity index is 1.52. The van der Waals surface area contributed by atoms with Crippen LogP contribution in [0, 0.1) is 5.92 Å². The Morgan fingerprint density at radius 3 is 2.91 bits per heavy atom. The number of rotatable bonds is 5. The molecule has 1 aromatic carbocycles. The first-order valence-corrected chi connectivity index (χ1v) is 9.23. The lowest BCUT2D eigenvalue weighted by Gasteiger charge is -2.30. The predicted molar refractivity (Wildman–Crippen MR) is 99.6 cm³/mol. The van der Waals surface area contributed by atoms with E-state index in [1.807, 2.05) is 12.1 Å². The van der Waals surface area contributed by atoms with Crippen LogP contribution in [0.5, 0.6) is 0 Å². The Bertz CT molecular complexity index is 605. The number of nitrogens with zero attached hydrogens (tertiary/aromatic N) is 2. The number of hydrogen-bond donors (Lipinski definition) is 2. The molecule has 0 radical (unpaired) electrons. The summed E-state index contributed by atoms with van der Waals surface area (Å²) < 4.78 is 1.08. The second-order valence-electron chi connectivity index (χ2n) is 6.45. The first kappa shape index (κ1) is 16.4. The van der Waals surface area contributed by atoms with E-state index in [2.05, 4.69) is 43.8 Å². The zero-order chi connectivity index (χ0) is 16.2. The van der Waals surface area contributed by atoms with Gasteiger partial charge in [0, 0.05) is 29.8 Å². The molecule has 124 valence electrons. The molecule has 0 saturated heterocycles. The van der Waals surface area contributed by atoms with Crippen molar-refractivity contribution in [3.8, 4) is 0 Å². The van der Waals surface area contributed by atoms with Crippen LogP contribution in [-0.2, 0) is 6.54 Å². The lowest BCUT2D eigenvalue weighted by Crippen LogP contribution is -2.42. The topological polar surface area (TPSA) is 53.6 Å². The van der Waals surface area contributed by atoms with E-state index in [9.17, 15) is 0 Å². The van der Waals surface area contributed by atoms with Crippen molar-refractivity contribution in [1.82, 2.24) is 10.2 Å². The van der Waals surface area contributed by atoms with Crippen molar-refractivity contribution >= 4 is 27.6 Å². The number of allylic oxidation sites excluding steroid dienone is 1. The highest BCUT2D eigenvalue weighted by Crippen LogP contribution is 2.29. The summed E-state index contributed by atoms with van der Waals surface area (Å²) in [5, 5.41) is 3.50. The van der Waals surface area contributed by atoms with Crippen LogP contribution < -0.4 is 11.1 Å². The van der Waals surface area contributed by atoms with Gasteiger partial charge in [0.15, 0.2) is 5.96 Å². The number of nitrogens with two attached hydrogens (primary N) is 1. The third kappa shape index (κ3) is 4.08. The number of nitrogens with one attached hydrogen (secondary N) is 1. The van der Waals surface area contributed by atoms with E-state index in [0.29, 0.717) is 11.9 Å². The van der Waals surface area contributed by atoms with Gasteiger partial charge in [-0.2, -0.15) is 0 Å². The summed E-state index contributed by atoms with van der Waals surface area (Å²) in [7, 11) is 0. The summed E-state index contributed by atoms with van der Waals surface area (Å²) >= 11 is 3.52. The van der Waals surface area contributed by atoms with Gasteiger partial charge in [0.1, 0.15) is 0 Å². The van der Waals surface area contributed by atoms with E-state index in [1.54, 1.807) is 0 Å². The van der Waals surface area contributed by atoms with Crippen LogP contribution in [0.1, 0.15) is 37.7 Å². The van der Waals surface area contributed by atoms with Crippen molar-refractivity contribution in [2.75, 3.05) is 13.1 Å². The van der Waals surface area contributed by atoms with Gasteiger partial charge in [0.05, 0.1) is 5.69 Å². The first-order chi connectivity index (χ1) is 11.1. The molecule has 0 spiro atoms. The van der Waals surface area contributed by atoms with Crippen LogP contribution in [0.25, 0.3) is 0 Å². The molecule has 1 aliphatic carbocycles. The predicted octanol–water partition coefficient (Wildman–Crippen LogP) is 3.89. The molecule has 0 amide bonds. The molecule has 0 aromatic heterocycles. The standard InChI is InChI=1S/C18H25BrN4/c1-13(14-5-3-2-4-6-14)21-9-10-23-12-15-11-16(19)7-8-17(15)22-18(23)20/h7-8,11,14,21H,1-6,9-10,12H2,(H2,20,22). The maximum absolute atomic E-state index is 6.11. The van der Waals surface area contributed by atoms with Gasteiger partial charge >= 0.3 is 0 Å². The van der Waals surface area contributed by atoms with Gasteiger partial charge in [0.25, 0.3) is 0 Å². The van der Waals surface area contributed by atoms with Crippen LogP contribution in [0.4, 0.5) is 5.69 Å². The maximum Gasteiger partial charge on any atom is 0.196 e. The Labute approximate surface area is 147 Å². The van der Waals surface area contributed by atoms with E-state index in [1.165, 1.54) is 43.4 Å². The number of halogens is 1. The molecule has 0 unspecified atom stereocenters. The summed E-state index contributed by atoms with van der Waals surface area (Å²) in [5.74, 6) is 1.25. The zero-order valence-electron chi connectivity index (χ0n) is 13.5. The minimum absolute atomic E-state index is 0.602. The fourth-order valence-electron chi connectivity index (χ4n) is 3.41. The molecular formula is C18H25BrN4. The van der Waals surface area contributed by atoms with Gasteiger partial charge in [-0.15, -0.1) is 0 Å². The highest BCUT2D eigenvalue weighted by Gasteiger charge is 2.19. The normalized spacial score (nSPS) is 18.3. The number of aliphatic imine (C=N–C) groups is 1. The van der Waals surface area contributed by atoms with E-state index < -0.39 is 0 Å². The minimum atomic E-state index is 0.602. The van der Waals surface area contributed by atoms with Crippen LogP contribution in [0.3, 0.4) is 0 Å². The SMILES string of the molecule is C=C(NCCN1Cc2cc(Br)ccc2N=C1N)C1CCCCC1. The molecule has 1 fully saturated rings. The van der Waals surface area contributed by atoms with Gasteiger partial charge in [-0.3, -0.25) is 0 Å². The molecule has 4 nitrogen and oxygen atoms in total. The molecule has 3 rings (SSSR count). The first-order valence-electron chi connectivity index (χ1n) is 8.43. The summed E-state index contributed by atoms with van der Waals surface area (Å²) in [5.41, 5.74) is 9.48. The Hall–Kier alpha value is -1.49. The third-order valence-corrected chi connectivity index (χ3v) is 5.29. The molecule has 3 N–H and O–H groups in total. The number of guanidine groups is 1. The van der Waals surface area contributed by atoms with E-state index >= 15 is 0 Å². The number of hydrogen-bond acceptors (Lipinski definition) is 4. The highest BCUT2D eigenvalue weighted by atomic mass is 79.9. The van der Waals surface area contributed by atoms with Gasteiger partial charge in [-0.05, 0) is 42.5 Å². The quantitative estimate of drug-likeness (QED) is 0.819. The average molecular weight is 377 g/mol. The zero-order valence-corrected chi connectivity index (χ0v) is 15.1. The molecular weight excluding hydrogens is 352 g/mol. The second-order valence-corrected chi connectivity index (χ2v) is 7.37. The summed E-state index contributed by atoms with van der Waals surface area (Å²) in [6.07, 6.45) is 6.60. The Kier molecular flexibility index (Phi) is 5.26. The largest absolute Gasteiger partial charge is 0.387 e. The molecule has 2 aliphatic rings. The lowest BCUT2D eigenvalue weighted by molar-refractivity contribution is 0.369. The second kappa shape index (κ2) is 7.39. The minimum Gasteiger partial charge on any atom is -0.387 e. The van der Waals surface area contributed by atoms with Gasteiger partial charge < -0.3 is 16.0 Å². The van der Waals surface area contributed by atoms with Crippen LogP contribution >= 0.6 is 15.9 Å². The van der Waals surface area contributed by atoms with Crippen molar-refractivity contribution < 1.29 is 0 Å². The fraction of sp³-hybridized carbons (Fsp3) is 0.500. The van der Waals surface area contributed by atoms with Gasteiger partial charge in [-0.1, -0.05) is 41.8 Å². The molecule has 1 saturated carbocycles. The molecule has 0 atom stereocenters. The monoisotopic (exact) mass is 376 g/mol. The average Bonchev–Trinajstić information content (AvgIpc) is 2.56. The van der Waals surface area contributed by atoms with Crippen molar-refractivity contribution in [2.45, 2.75) is 38.6 Å². The fourth-order valence-corrected chi connectivity index (χ4v) is 3.82. The van der Waals surface area contributed by atoms with Crippen molar-refractivity contribution in [3.05, 3.63) is 40.5 Å². The Morgan fingerprint density at radius 1 is 1.35 bits per heavy atom. The van der Waals surface area contributed by atoms with E-state index in [-0.39, 0.29) is 0 Å². The van der Waals surface area contributed by atoms with Crippen molar-refractivity contribution in [2.24, 2.45) is 16.6 Å². The third-order valence-electron chi connectivity index (χ3n) is 4.79. The highest BCUT2D eigenvalue weighted by molar-refractivity contribution is 9.10. The van der Waals surface area contributed by atoms with Gasteiger partial charge in [0.2, 0.25) is 0 Å². The number of benzene rings is 1. The summed E-state index contributed by atoms with van der Waals surface area (Å²) in [4.78, 5) is 6.63. The van der Waals surface area contributed by atoms with Gasteiger partial charge in [-0.25, -0.2) is 4.99 Å². The molecule has 1 heterocycles. The summed E-state index contributed by atoms with van der Waals surface area (Å²) in [6, 6.07) is 6.13. The van der Waals surface area contributed by atoms with Crippen LogP contribution in [0.2, 0.25) is 0 Å². The lowest BCUT2D eigenvalue weighted by atomic mass is 9.87. The van der Waals surface area contributed by atoms with E-state index in [4.69, 9.17) is 5.73 Å². The molecule has 0 bridgehead atoms. The van der Waals surface area contributed by atoms with Crippen molar-refractivity contribution in [3.63, 3.8) is 0 Å². The van der Waals surface area contributed by atoms with Crippen LogP contribution in [0.15, 0.2) is 39.9 Å². The molecule has 1 aromatic rings.